The molecule has 0 heterocycles. The number of alkyl halides is 5. The van der Waals surface area contributed by atoms with Crippen LogP contribution < -0.4 is 5.73 Å². The fourth-order valence-electron chi connectivity index (χ4n) is 1.96. The number of nitrogens with two attached hydrogens (primary N) is 1. The summed E-state index contributed by atoms with van der Waals surface area (Å²) in [4.78, 5) is 7.18. The Bertz CT molecular complexity index is 893. The van der Waals surface area contributed by atoms with Crippen molar-refractivity contribution in [3.8, 4) is 0 Å². The van der Waals surface area contributed by atoms with Gasteiger partial charge in [0.05, 0.1) is 11.4 Å². The molecule has 0 radical (unpaired) electrons. The molecule has 0 aliphatic heterocycles. The Kier molecular flexibility index (Phi) is 16.2. The minimum Gasteiger partial charge on any atom is -0.372 e. The second kappa shape index (κ2) is 16.6. The van der Waals surface area contributed by atoms with Crippen molar-refractivity contribution in [2.45, 2.75) is 32.9 Å². The van der Waals surface area contributed by atoms with E-state index in [0.717, 1.165) is 6.92 Å². The van der Waals surface area contributed by atoms with Crippen molar-refractivity contribution in [2.24, 2.45) is 15.7 Å². The van der Waals surface area contributed by atoms with Gasteiger partial charge in [0.2, 0.25) is 0 Å². The third kappa shape index (κ3) is 15.0. The van der Waals surface area contributed by atoms with Crippen LogP contribution in [0.25, 0.3) is 5.70 Å². The van der Waals surface area contributed by atoms with E-state index in [9.17, 15) is 26.3 Å². The molecular formula is C24H31F6N3O. The summed E-state index contributed by atoms with van der Waals surface area (Å²) in [5, 5.41) is 0. The molecule has 0 fully saturated rings. The van der Waals surface area contributed by atoms with Crippen molar-refractivity contribution in [3.05, 3.63) is 71.6 Å². The molecule has 0 unspecified atom stereocenters. The lowest BCUT2D eigenvalue weighted by Gasteiger charge is -2.09. The Morgan fingerprint density at radius 1 is 1.03 bits per heavy atom. The highest BCUT2D eigenvalue weighted by Crippen LogP contribution is 2.29. The Morgan fingerprint density at radius 2 is 1.62 bits per heavy atom. The number of nitrogens with zero attached hydrogens (tertiary/aromatic N) is 2. The molecule has 0 aromatic heterocycles. The van der Waals surface area contributed by atoms with Gasteiger partial charge in [-0.25, -0.2) is 13.2 Å². The highest BCUT2D eigenvalue weighted by atomic mass is 19.4. The summed E-state index contributed by atoms with van der Waals surface area (Å²) >= 11 is 0. The molecule has 0 saturated heterocycles. The van der Waals surface area contributed by atoms with Crippen LogP contribution in [0.2, 0.25) is 0 Å². The van der Waals surface area contributed by atoms with Crippen molar-refractivity contribution in [3.63, 3.8) is 0 Å². The zero-order chi connectivity index (χ0) is 26.9. The minimum absolute atomic E-state index is 0.0348. The predicted molar refractivity (Wildman–Crippen MR) is 128 cm³/mol. The summed E-state index contributed by atoms with van der Waals surface area (Å²) in [7, 11) is 1.50. The molecule has 34 heavy (non-hydrogen) atoms. The van der Waals surface area contributed by atoms with Crippen LogP contribution in [0.15, 0.2) is 59.0 Å². The second-order valence-electron chi connectivity index (χ2n) is 6.42. The van der Waals surface area contributed by atoms with Gasteiger partial charge in [-0.2, -0.15) is 13.2 Å². The van der Waals surface area contributed by atoms with Gasteiger partial charge in [-0.05, 0) is 58.1 Å². The molecule has 0 atom stereocenters. The van der Waals surface area contributed by atoms with Crippen LogP contribution in [0.4, 0.5) is 32.0 Å². The maximum absolute atomic E-state index is 13.0. The van der Waals surface area contributed by atoms with Gasteiger partial charge in [0.15, 0.2) is 0 Å². The quantitative estimate of drug-likeness (QED) is 0.346. The van der Waals surface area contributed by atoms with Gasteiger partial charge in [-0.3, -0.25) is 9.98 Å². The number of hydrogen-bond donors (Lipinski definition) is 1. The molecule has 2 N–H and O–H groups in total. The summed E-state index contributed by atoms with van der Waals surface area (Å²) in [6.45, 7) is 13.3. The molecule has 0 amide bonds. The van der Waals surface area contributed by atoms with E-state index in [-0.39, 0.29) is 18.0 Å². The van der Waals surface area contributed by atoms with E-state index in [1.165, 1.54) is 38.2 Å². The average Bonchev–Trinajstić information content (AvgIpc) is 2.80. The number of ether oxygens (including phenoxy) is 1. The van der Waals surface area contributed by atoms with Gasteiger partial charge < -0.3 is 10.5 Å². The molecule has 0 aliphatic carbocycles. The first-order valence-corrected chi connectivity index (χ1v) is 9.84. The first-order chi connectivity index (χ1) is 15.7. The smallest absolute Gasteiger partial charge is 0.372 e. The van der Waals surface area contributed by atoms with Crippen LogP contribution in [0, 0.1) is 12.7 Å². The fraction of sp³-hybridized carbons (Fsp3) is 0.333. The minimum atomic E-state index is -4.17. The van der Waals surface area contributed by atoms with Crippen LogP contribution in [-0.4, -0.2) is 39.9 Å². The van der Waals surface area contributed by atoms with Crippen LogP contribution in [0.1, 0.15) is 30.5 Å². The van der Waals surface area contributed by atoms with E-state index in [1.54, 1.807) is 25.1 Å². The van der Waals surface area contributed by atoms with Gasteiger partial charge in [0.25, 0.3) is 5.92 Å². The van der Waals surface area contributed by atoms with E-state index in [1.807, 2.05) is 0 Å². The van der Waals surface area contributed by atoms with Crippen molar-refractivity contribution in [1.29, 1.82) is 0 Å². The third-order valence-corrected chi connectivity index (χ3v) is 3.70. The van der Waals surface area contributed by atoms with Gasteiger partial charge in [-0.1, -0.05) is 30.8 Å². The first kappa shape index (κ1) is 33.2. The Morgan fingerprint density at radius 3 is 2.00 bits per heavy atom. The van der Waals surface area contributed by atoms with E-state index < -0.39 is 18.7 Å². The maximum Gasteiger partial charge on any atom is 0.411 e. The topological polar surface area (TPSA) is 60.0 Å². The normalized spacial score (nSPS) is 10.3. The Labute approximate surface area is 196 Å². The molecule has 2 rings (SSSR count). The number of aliphatic imine (C=N–C) groups is 2. The SMILES string of the molecule is C=NC(=C)c1ccc(C)c(F)c1.C=Nc1cccc(C(C)(F)F)c1.CCOCC(F)(F)F.CN. The van der Waals surface area contributed by atoms with Crippen LogP contribution in [0.3, 0.4) is 0 Å². The number of halogens is 6. The fourth-order valence-corrected chi connectivity index (χ4v) is 1.96. The first-order valence-electron chi connectivity index (χ1n) is 9.84. The van der Waals surface area contributed by atoms with Crippen molar-refractivity contribution >= 4 is 24.8 Å². The van der Waals surface area contributed by atoms with Crippen LogP contribution in [-0.2, 0) is 10.7 Å². The lowest BCUT2D eigenvalue weighted by Crippen LogP contribution is -2.16. The molecule has 190 valence electrons. The van der Waals surface area contributed by atoms with Gasteiger partial charge in [0.1, 0.15) is 12.4 Å². The molecule has 0 saturated carbocycles. The largest absolute Gasteiger partial charge is 0.411 e. The zero-order valence-electron chi connectivity index (χ0n) is 19.7. The monoisotopic (exact) mass is 491 g/mol. The van der Waals surface area contributed by atoms with Gasteiger partial charge >= 0.3 is 6.18 Å². The molecule has 4 nitrogen and oxygen atoms in total. The molecule has 2 aromatic carbocycles. The van der Waals surface area contributed by atoms with E-state index in [4.69, 9.17) is 0 Å². The van der Waals surface area contributed by atoms with Gasteiger partial charge in [-0.15, -0.1) is 0 Å². The average molecular weight is 492 g/mol. The van der Waals surface area contributed by atoms with Gasteiger partial charge in [0, 0.05) is 24.7 Å². The van der Waals surface area contributed by atoms with E-state index in [0.29, 0.717) is 22.5 Å². The summed E-state index contributed by atoms with van der Waals surface area (Å²) in [5.74, 6) is -3.04. The number of benzene rings is 2. The van der Waals surface area contributed by atoms with E-state index in [2.05, 4.69) is 40.5 Å². The lowest BCUT2D eigenvalue weighted by atomic mass is 10.1. The summed E-state index contributed by atoms with van der Waals surface area (Å²) < 4.78 is 75.8. The van der Waals surface area contributed by atoms with Crippen molar-refractivity contribution in [2.75, 3.05) is 20.3 Å². The molecule has 0 spiro atoms. The Balaban J connectivity index is 0. The highest BCUT2D eigenvalue weighted by molar-refractivity contribution is 5.66. The molecule has 10 heteroatoms. The number of hydrogen-bond acceptors (Lipinski definition) is 4. The molecule has 0 aliphatic rings. The third-order valence-electron chi connectivity index (χ3n) is 3.70. The lowest BCUT2D eigenvalue weighted by molar-refractivity contribution is -0.172. The standard InChI is InChI=1S/C10H10FN.C9H9F2N.C4H7F3O.CH5N/c1-7-4-5-9(6-10(7)11)8(2)12-3;1-9(10,11)7-4-3-5-8(6-7)12-2;1-2-8-3-4(5,6)7;1-2/h4-6H,2-3H2,1H3;3-6H,2H2,1H3;2-3H2,1H3;2H2,1H3. The van der Waals surface area contributed by atoms with Crippen LogP contribution in [0.5, 0.6) is 0 Å². The highest BCUT2D eigenvalue weighted by Gasteiger charge is 2.26. The molecule has 0 bridgehead atoms. The van der Waals surface area contributed by atoms with Crippen molar-refractivity contribution in [1.82, 2.24) is 0 Å². The summed E-state index contributed by atoms with van der Waals surface area (Å²) in [6.07, 6.45) is -4.17. The van der Waals surface area contributed by atoms with Crippen LogP contribution >= 0.6 is 0 Å². The number of aryl methyl sites for hydroxylation is 1. The maximum atomic E-state index is 13.0. The predicted octanol–water partition coefficient (Wildman–Crippen LogP) is 7.10. The zero-order valence-corrected chi connectivity index (χ0v) is 19.7. The molecular weight excluding hydrogens is 460 g/mol. The summed E-state index contributed by atoms with van der Waals surface area (Å²) in [6, 6.07) is 10.7. The van der Waals surface area contributed by atoms with E-state index >= 15 is 0 Å². The Hall–Kier alpha value is -2.98. The summed E-state index contributed by atoms with van der Waals surface area (Å²) in [5.41, 5.74) is 6.72. The molecule has 2 aromatic rings. The van der Waals surface area contributed by atoms with Crippen molar-refractivity contribution < 1.29 is 31.1 Å². The second-order valence-corrected chi connectivity index (χ2v) is 6.42. The number of rotatable bonds is 6.